The molecular formula is C19H18N2O4S. The van der Waals surface area contributed by atoms with Crippen LogP contribution in [0.15, 0.2) is 46.4 Å². The van der Waals surface area contributed by atoms with Crippen LogP contribution in [0.1, 0.15) is 26.8 Å². The molecule has 3 heterocycles. The lowest BCUT2D eigenvalue weighted by atomic mass is 10.1. The second-order valence-electron chi connectivity index (χ2n) is 5.94. The van der Waals surface area contributed by atoms with E-state index in [2.05, 4.69) is 16.4 Å². The molecule has 0 radical (unpaired) electrons. The number of hydrogen-bond acceptors (Lipinski definition) is 6. The van der Waals surface area contributed by atoms with Crippen LogP contribution in [0, 0.1) is 0 Å². The van der Waals surface area contributed by atoms with Crippen molar-refractivity contribution in [3.63, 3.8) is 0 Å². The van der Waals surface area contributed by atoms with Crippen molar-refractivity contribution < 1.29 is 18.7 Å². The third-order valence-electron chi connectivity index (χ3n) is 4.27. The molecule has 2 aromatic heterocycles. The summed E-state index contributed by atoms with van der Waals surface area (Å²) >= 11 is 1.75. The smallest absolute Gasteiger partial charge is 0.276 e. The van der Waals surface area contributed by atoms with E-state index in [1.165, 1.54) is 16.7 Å². The number of oxazole rings is 1. The summed E-state index contributed by atoms with van der Waals surface area (Å²) in [6, 6.07) is 9.36. The van der Waals surface area contributed by atoms with Crippen LogP contribution in [0.4, 0.5) is 0 Å². The van der Waals surface area contributed by atoms with Crippen LogP contribution in [0.25, 0.3) is 0 Å². The average Bonchev–Trinajstić information content (AvgIpc) is 3.34. The number of hydrogen-bond donors (Lipinski definition) is 0. The highest BCUT2D eigenvalue weighted by Gasteiger charge is 2.24. The maximum Gasteiger partial charge on any atom is 0.276 e. The first-order chi connectivity index (χ1) is 12.7. The van der Waals surface area contributed by atoms with Gasteiger partial charge < -0.3 is 18.8 Å². The molecule has 0 aliphatic carbocycles. The molecule has 1 aliphatic rings. The topological polar surface area (TPSA) is 64.8 Å². The molecule has 0 fully saturated rings. The minimum Gasteiger partial charge on any atom is -0.497 e. The number of amides is 1. The van der Waals surface area contributed by atoms with Gasteiger partial charge in [-0.2, -0.15) is 0 Å². The predicted octanol–water partition coefficient (Wildman–Crippen LogP) is 3.52. The first-order valence-electron chi connectivity index (χ1n) is 8.28. The second-order valence-corrected chi connectivity index (χ2v) is 6.94. The fourth-order valence-electron chi connectivity index (χ4n) is 2.90. The molecule has 4 rings (SSSR count). The monoisotopic (exact) mass is 370 g/mol. The van der Waals surface area contributed by atoms with Crippen molar-refractivity contribution in [1.82, 2.24) is 9.88 Å². The molecule has 134 valence electrons. The Balaban J connectivity index is 1.39. The summed E-state index contributed by atoms with van der Waals surface area (Å²) in [6.45, 7) is 1.48. The summed E-state index contributed by atoms with van der Waals surface area (Å²) in [5.41, 5.74) is 1.53. The normalized spacial score (nSPS) is 13.3. The van der Waals surface area contributed by atoms with Gasteiger partial charge in [-0.25, -0.2) is 4.98 Å². The maximum atomic E-state index is 12.7. The molecule has 1 amide bonds. The largest absolute Gasteiger partial charge is 0.497 e. The molecule has 1 aliphatic heterocycles. The number of carbonyl (C=O) groups is 1. The van der Waals surface area contributed by atoms with Gasteiger partial charge in [0, 0.05) is 24.0 Å². The lowest BCUT2D eigenvalue weighted by Crippen LogP contribution is -2.35. The molecule has 1 aromatic carbocycles. The SMILES string of the molecule is COc1cccc(OCc2nc(C(=O)N3CCc4sccc4C3)co2)c1. The van der Waals surface area contributed by atoms with E-state index < -0.39 is 0 Å². The number of fused-ring (bicyclic) bond motifs is 1. The fraction of sp³-hybridized carbons (Fsp3) is 0.263. The van der Waals surface area contributed by atoms with Crippen LogP contribution in [-0.2, 0) is 19.6 Å². The minimum absolute atomic E-state index is 0.113. The van der Waals surface area contributed by atoms with Crippen molar-refractivity contribution in [1.29, 1.82) is 0 Å². The van der Waals surface area contributed by atoms with Crippen LogP contribution >= 0.6 is 11.3 Å². The Hall–Kier alpha value is -2.80. The third-order valence-corrected chi connectivity index (χ3v) is 5.29. The Labute approximate surface area is 155 Å². The highest BCUT2D eigenvalue weighted by molar-refractivity contribution is 7.10. The minimum atomic E-state index is -0.113. The summed E-state index contributed by atoms with van der Waals surface area (Å²) in [5.74, 6) is 1.61. The highest BCUT2D eigenvalue weighted by Crippen LogP contribution is 2.25. The van der Waals surface area contributed by atoms with Crippen LogP contribution < -0.4 is 9.47 Å². The van der Waals surface area contributed by atoms with E-state index in [1.807, 2.05) is 18.2 Å². The lowest BCUT2D eigenvalue weighted by molar-refractivity contribution is 0.0729. The van der Waals surface area contributed by atoms with Gasteiger partial charge in [0.25, 0.3) is 5.91 Å². The van der Waals surface area contributed by atoms with Crippen LogP contribution in [0.2, 0.25) is 0 Å². The van der Waals surface area contributed by atoms with Gasteiger partial charge in [-0.1, -0.05) is 6.07 Å². The standard InChI is InChI=1S/C19H18N2O4S/c1-23-14-3-2-4-15(9-14)24-12-18-20-16(11-25-18)19(22)21-7-5-17-13(10-21)6-8-26-17/h2-4,6,8-9,11H,5,7,10,12H2,1H3. The zero-order valence-corrected chi connectivity index (χ0v) is 15.1. The molecule has 0 spiro atoms. The van der Waals surface area contributed by atoms with Gasteiger partial charge in [0.15, 0.2) is 12.3 Å². The summed E-state index contributed by atoms with van der Waals surface area (Å²) in [4.78, 5) is 20.1. The van der Waals surface area contributed by atoms with Crippen LogP contribution in [-0.4, -0.2) is 29.4 Å². The highest BCUT2D eigenvalue weighted by atomic mass is 32.1. The zero-order chi connectivity index (χ0) is 17.9. The maximum absolute atomic E-state index is 12.7. The molecule has 26 heavy (non-hydrogen) atoms. The molecule has 0 saturated heterocycles. The zero-order valence-electron chi connectivity index (χ0n) is 14.3. The number of ether oxygens (including phenoxy) is 2. The van der Waals surface area contributed by atoms with Crippen molar-refractivity contribution in [2.75, 3.05) is 13.7 Å². The Morgan fingerprint density at radius 2 is 2.23 bits per heavy atom. The van der Waals surface area contributed by atoms with E-state index in [1.54, 1.807) is 29.4 Å². The van der Waals surface area contributed by atoms with E-state index >= 15 is 0 Å². The second kappa shape index (κ2) is 7.21. The summed E-state index contributed by atoms with van der Waals surface area (Å²) in [5, 5.41) is 2.07. The lowest BCUT2D eigenvalue weighted by Gasteiger charge is -2.26. The molecule has 0 atom stereocenters. The van der Waals surface area contributed by atoms with Crippen molar-refractivity contribution in [3.8, 4) is 11.5 Å². The van der Waals surface area contributed by atoms with Gasteiger partial charge in [-0.3, -0.25) is 4.79 Å². The van der Waals surface area contributed by atoms with Gasteiger partial charge >= 0.3 is 0 Å². The van der Waals surface area contributed by atoms with Crippen LogP contribution in [0.5, 0.6) is 11.5 Å². The molecule has 0 bridgehead atoms. The van der Waals surface area contributed by atoms with E-state index in [9.17, 15) is 4.79 Å². The molecule has 3 aromatic rings. The molecule has 6 nitrogen and oxygen atoms in total. The summed E-state index contributed by atoms with van der Waals surface area (Å²) in [7, 11) is 1.60. The first kappa shape index (κ1) is 16.7. The van der Waals surface area contributed by atoms with E-state index in [4.69, 9.17) is 13.9 Å². The van der Waals surface area contributed by atoms with Crippen LogP contribution in [0.3, 0.4) is 0 Å². The summed E-state index contributed by atoms with van der Waals surface area (Å²) in [6.07, 6.45) is 2.29. The van der Waals surface area contributed by atoms with Crippen molar-refractivity contribution in [2.24, 2.45) is 0 Å². The Bertz CT molecular complexity index is 918. The Morgan fingerprint density at radius 3 is 3.12 bits per heavy atom. The Morgan fingerprint density at radius 1 is 1.35 bits per heavy atom. The van der Waals surface area contributed by atoms with Gasteiger partial charge in [0.1, 0.15) is 17.8 Å². The summed E-state index contributed by atoms with van der Waals surface area (Å²) < 4.78 is 16.2. The number of rotatable bonds is 5. The van der Waals surface area contributed by atoms with Gasteiger partial charge in [0.2, 0.25) is 5.89 Å². The Kier molecular flexibility index (Phi) is 4.62. The van der Waals surface area contributed by atoms with E-state index in [0.717, 1.165) is 6.42 Å². The molecular weight excluding hydrogens is 352 g/mol. The number of thiophene rings is 1. The number of carbonyl (C=O) groups excluding carboxylic acids is 1. The number of nitrogens with zero attached hydrogens (tertiary/aromatic N) is 2. The number of benzene rings is 1. The van der Waals surface area contributed by atoms with Crippen molar-refractivity contribution in [3.05, 3.63) is 64.0 Å². The first-order valence-corrected chi connectivity index (χ1v) is 9.16. The number of methoxy groups -OCH3 is 1. The van der Waals surface area contributed by atoms with E-state index in [-0.39, 0.29) is 12.5 Å². The quantitative estimate of drug-likeness (QED) is 0.687. The van der Waals surface area contributed by atoms with Gasteiger partial charge in [-0.15, -0.1) is 11.3 Å². The fourth-order valence-corrected chi connectivity index (χ4v) is 3.78. The predicted molar refractivity (Wildman–Crippen MR) is 96.6 cm³/mol. The van der Waals surface area contributed by atoms with Crippen molar-refractivity contribution in [2.45, 2.75) is 19.6 Å². The molecule has 0 N–H and O–H groups in total. The molecule has 0 saturated carbocycles. The number of aromatic nitrogens is 1. The molecule has 7 heteroatoms. The van der Waals surface area contributed by atoms with Gasteiger partial charge in [-0.05, 0) is 35.6 Å². The molecule has 0 unspecified atom stereocenters. The van der Waals surface area contributed by atoms with E-state index in [0.29, 0.717) is 36.2 Å². The van der Waals surface area contributed by atoms with Gasteiger partial charge in [0.05, 0.1) is 7.11 Å². The average molecular weight is 370 g/mol. The van der Waals surface area contributed by atoms with Crippen molar-refractivity contribution >= 4 is 17.2 Å². The third kappa shape index (κ3) is 3.43.